The van der Waals surface area contributed by atoms with Crippen LogP contribution in [0.3, 0.4) is 0 Å². The smallest absolute Gasteiger partial charge is 0.0931 e. The van der Waals surface area contributed by atoms with Crippen molar-refractivity contribution < 1.29 is 0 Å². The lowest BCUT2D eigenvalue weighted by Gasteiger charge is -2.14. The molecule has 1 N–H and O–H groups in total. The number of hydrogen-bond donors (Lipinski definition) is 1. The van der Waals surface area contributed by atoms with Crippen molar-refractivity contribution in [3.05, 3.63) is 50.7 Å². The van der Waals surface area contributed by atoms with Gasteiger partial charge in [-0.25, -0.2) is 0 Å². The molecule has 0 amide bonds. The third-order valence-electron chi connectivity index (χ3n) is 3.07. The van der Waals surface area contributed by atoms with Crippen molar-refractivity contribution in [2.45, 2.75) is 33.2 Å². The second-order valence-electron chi connectivity index (χ2n) is 4.22. The Morgan fingerprint density at radius 1 is 1.06 bits per heavy atom. The number of para-hydroxylation sites is 1. The number of thiophene rings is 1. The van der Waals surface area contributed by atoms with Gasteiger partial charge in [-0.3, -0.25) is 0 Å². The number of aryl methyl sites for hydroxylation is 2. The standard InChI is InChI=1S/C15H18ClNS/c1-3-11-6-5-7-12(4-2)15(11)17-10-13-8-9-14(16)18-13/h5-9,17H,3-4,10H2,1-2H3. The predicted octanol–water partition coefficient (Wildman–Crippen LogP) is 5.14. The average molecular weight is 280 g/mol. The summed E-state index contributed by atoms with van der Waals surface area (Å²) in [6.45, 7) is 5.24. The minimum Gasteiger partial charge on any atom is -0.380 e. The molecule has 1 aromatic heterocycles. The maximum absolute atomic E-state index is 5.95. The van der Waals surface area contributed by atoms with Crippen molar-refractivity contribution in [1.82, 2.24) is 0 Å². The molecule has 3 heteroatoms. The van der Waals surface area contributed by atoms with Crippen LogP contribution in [0.4, 0.5) is 5.69 Å². The van der Waals surface area contributed by atoms with Crippen molar-refractivity contribution in [2.75, 3.05) is 5.32 Å². The number of hydrogen-bond acceptors (Lipinski definition) is 2. The molecule has 0 spiro atoms. The number of nitrogens with one attached hydrogen (secondary N) is 1. The van der Waals surface area contributed by atoms with Crippen LogP contribution >= 0.6 is 22.9 Å². The highest BCUT2D eigenvalue weighted by Crippen LogP contribution is 2.26. The Labute approximate surface area is 118 Å². The molecule has 0 saturated heterocycles. The molecule has 18 heavy (non-hydrogen) atoms. The van der Waals surface area contributed by atoms with E-state index in [4.69, 9.17) is 11.6 Å². The van der Waals surface area contributed by atoms with Gasteiger partial charge in [0, 0.05) is 17.1 Å². The largest absolute Gasteiger partial charge is 0.380 e. The van der Waals surface area contributed by atoms with Crippen molar-refractivity contribution in [2.24, 2.45) is 0 Å². The quantitative estimate of drug-likeness (QED) is 0.799. The molecule has 0 aliphatic carbocycles. The Morgan fingerprint density at radius 3 is 2.22 bits per heavy atom. The molecule has 2 rings (SSSR count). The van der Waals surface area contributed by atoms with Gasteiger partial charge in [-0.2, -0.15) is 0 Å². The number of halogens is 1. The lowest BCUT2D eigenvalue weighted by molar-refractivity contribution is 1.06. The predicted molar refractivity (Wildman–Crippen MR) is 81.9 cm³/mol. The van der Waals surface area contributed by atoms with Crippen LogP contribution in [0.2, 0.25) is 4.34 Å². The summed E-state index contributed by atoms with van der Waals surface area (Å²) in [4.78, 5) is 1.27. The summed E-state index contributed by atoms with van der Waals surface area (Å²) in [6, 6.07) is 10.6. The van der Waals surface area contributed by atoms with E-state index in [2.05, 4.69) is 43.4 Å². The van der Waals surface area contributed by atoms with E-state index in [1.807, 2.05) is 6.07 Å². The second kappa shape index (κ2) is 6.26. The summed E-state index contributed by atoms with van der Waals surface area (Å²) < 4.78 is 0.853. The SMILES string of the molecule is CCc1cccc(CC)c1NCc1ccc(Cl)s1. The van der Waals surface area contributed by atoms with Gasteiger partial charge >= 0.3 is 0 Å². The number of benzene rings is 1. The first-order chi connectivity index (χ1) is 8.74. The maximum atomic E-state index is 5.95. The summed E-state index contributed by atoms with van der Waals surface area (Å²) >= 11 is 7.59. The van der Waals surface area contributed by atoms with Gasteiger partial charge in [-0.05, 0) is 36.1 Å². The summed E-state index contributed by atoms with van der Waals surface area (Å²) in [7, 11) is 0. The third-order valence-corrected chi connectivity index (χ3v) is 4.30. The molecular formula is C15H18ClNS. The minimum absolute atomic E-state index is 0.849. The van der Waals surface area contributed by atoms with Gasteiger partial charge in [0.15, 0.2) is 0 Å². The van der Waals surface area contributed by atoms with Gasteiger partial charge in [0.1, 0.15) is 0 Å². The van der Waals surface area contributed by atoms with Crippen LogP contribution in [-0.2, 0) is 19.4 Å². The fraction of sp³-hybridized carbons (Fsp3) is 0.333. The lowest BCUT2D eigenvalue weighted by atomic mass is 10.0. The first-order valence-electron chi connectivity index (χ1n) is 6.33. The lowest BCUT2D eigenvalue weighted by Crippen LogP contribution is -2.04. The van der Waals surface area contributed by atoms with E-state index in [-0.39, 0.29) is 0 Å². The van der Waals surface area contributed by atoms with Crippen LogP contribution in [0.25, 0.3) is 0 Å². The van der Waals surface area contributed by atoms with Crippen molar-refractivity contribution in [1.29, 1.82) is 0 Å². The molecule has 96 valence electrons. The van der Waals surface area contributed by atoms with Gasteiger partial charge in [-0.1, -0.05) is 43.6 Å². The summed E-state index contributed by atoms with van der Waals surface area (Å²) in [5, 5.41) is 3.57. The molecule has 1 nitrogen and oxygen atoms in total. The van der Waals surface area contributed by atoms with Crippen molar-refractivity contribution in [3.63, 3.8) is 0 Å². The second-order valence-corrected chi connectivity index (χ2v) is 6.02. The van der Waals surface area contributed by atoms with E-state index in [9.17, 15) is 0 Å². The molecule has 0 fully saturated rings. The highest BCUT2D eigenvalue weighted by Gasteiger charge is 2.06. The molecular weight excluding hydrogens is 262 g/mol. The van der Waals surface area contributed by atoms with E-state index in [1.54, 1.807) is 11.3 Å². The number of anilines is 1. The Morgan fingerprint density at radius 2 is 1.72 bits per heavy atom. The average Bonchev–Trinajstić information content (AvgIpc) is 2.81. The van der Waals surface area contributed by atoms with Gasteiger partial charge in [0.05, 0.1) is 4.34 Å². The molecule has 2 aromatic rings. The van der Waals surface area contributed by atoms with E-state index >= 15 is 0 Å². The van der Waals surface area contributed by atoms with Crippen LogP contribution in [-0.4, -0.2) is 0 Å². The third kappa shape index (κ3) is 3.06. The van der Waals surface area contributed by atoms with E-state index in [0.717, 1.165) is 23.7 Å². The highest BCUT2D eigenvalue weighted by molar-refractivity contribution is 7.16. The molecule has 0 aliphatic rings. The first-order valence-corrected chi connectivity index (χ1v) is 7.52. The Balaban J connectivity index is 2.17. The van der Waals surface area contributed by atoms with Crippen molar-refractivity contribution >= 4 is 28.6 Å². The van der Waals surface area contributed by atoms with Crippen LogP contribution in [0.1, 0.15) is 29.9 Å². The van der Waals surface area contributed by atoms with E-state index in [1.165, 1.54) is 21.7 Å². The molecule has 0 radical (unpaired) electrons. The monoisotopic (exact) mass is 279 g/mol. The van der Waals surface area contributed by atoms with Gasteiger partial charge in [0.25, 0.3) is 0 Å². The number of rotatable bonds is 5. The fourth-order valence-electron chi connectivity index (χ4n) is 2.09. The molecule has 0 bridgehead atoms. The Bertz CT molecular complexity index is 497. The van der Waals surface area contributed by atoms with Gasteiger partial charge in [-0.15, -0.1) is 11.3 Å². The molecule has 1 heterocycles. The topological polar surface area (TPSA) is 12.0 Å². The van der Waals surface area contributed by atoms with E-state index in [0.29, 0.717) is 0 Å². The van der Waals surface area contributed by atoms with Crippen LogP contribution in [0.5, 0.6) is 0 Å². The zero-order valence-electron chi connectivity index (χ0n) is 10.8. The zero-order valence-corrected chi connectivity index (χ0v) is 12.4. The summed E-state index contributed by atoms with van der Waals surface area (Å²) in [5.74, 6) is 0. The maximum Gasteiger partial charge on any atom is 0.0931 e. The normalized spacial score (nSPS) is 10.6. The van der Waals surface area contributed by atoms with Crippen LogP contribution in [0.15, 0.2) is 30.3 Å². The van der Waals surface area contributed by atoms with Gasteiger partial charge in [0.2, 0.25) is 0 Å². The molecule has 0 unspecified atom stereocenters. The Hall–Kier alpha value is -0.990. The first kappa shape index (κ1) is 13.4. The van der Waals surface area contributed by atoms with Crippen molar-refractivity contribution in [3.8, 4) is 0 Å². The van der Waals surface area contributed by atoms with Gasteiger partial charge < -0.3 is 5.32 Å². The summed E-state index contributed by atoms with van der Waals surface area (Å²) in [5.41, 5.74) is 4.07. The van der Waals surface area contributed by atoms with Crippen LogP contribution in [0, 0.1) is 0 Å². The Kier molecular flexibility index (Phi) is 4.67. The molecule has 0 saturated carbocycles. The fourth-order valence-corrected chi connectivity index (χ4v) is 3.12. The minimum atomic E-state index is 0.849. The van der Waals surface area contributed by atoms with E-state index < -0.39 is 0 Å². The molecule has 0 aliphatic heterocycles. The zero-order chi connectivity index (χ0) is 13.0. The summed E-state index contributed by atoms with van der Waals surface area (Å²) in [6.07, 6.45) is 2.11. The highest BCUT2D eigenvalue weighted by atomic mass is 35.5. The molecule has 0 atom stereocenters. The molecule has 1 aromatic carbocycles. The van der Waals surface area contributed by atoms with Crippen LogP contribution < -0.4 is 5.32 Å².